The molecule has 0 bridgehead atoms. The van der Waals surface area contributed by atoms with Crippen LogP contribution in [0.15, 0.2) is 28.7 Å². The van der Waals surface area contributed by atoms with E-state index in [1.165, 1.54) is 0 Å². The molecule has 21 heavy (non-hydrogen) atoms. The van der Waals surface area contributed by atoms with Gasteiger partial charge in [-0.05, 0) is 31.0 Å². The number of piperidine rings is 1. The summed E-state index contributed by atoms with van der Waals surface area (Å²) in [6, 6.07) is 7.43. The van der Waals surface area contributed by atoms with Crippen LogP contribution in [0.2, 0.25) is 0 Å². The van der Waals surface area contributed by atoms with Crippen molar-refractivity contribution in [3.8, 4) is 5.75 Å². The first-order chi connectivity index (χ1) is 10.1. The summed E-state index contributed by atoms with van der Waals surface area (Å²) in [4.78, 5) is 24.7. The van der Waals surface area contributed by atoms with E-state index < -0.39 is 11.9 Å². The second kappa shape index (κ2) is 7.45. The lowest BCUT2D eigenvalue weighted by molar-refractivity contribution is -0.145. The van der Waals surface area contributed by atoms with Crippen LogP contribution in [0.4, 0.5) is 0 Å². The van der Waals surface area contributed by atoms with Gasteiger partial charge in [0.25, 0.3) is 0 Å². The van der Waals surface area contributed by atoms with Crippen molar-refractivity contribution >= 4 is 27.8 Å². The first-order valence-corrected chi connectivity index (χ1v) is 7.74. The quantitative estimate of drug-likeness (QED) is 0.881. The molecule has 1 saturated heterocycles. The number of amides is 1. The number of carbonyl (C=O) groups is 2. The number of nitrogens with zero attached hydrogens (tertiary/aromatic N) is 1. The number of carboxylic acids is 1. The van der Waals surface area contributed by atoms with Gasteiger partial charge in [0.1, 0.15) is 5.75 Å². The predicted octanol–water partition coefficient (Wildman–Crippen LogP) is 2.54. The smallest absolute Gasteiger partial charge is 0.308 e. The van der Waals surface area contributed by atoms with Crippen LogP contribution in [0, 0.1) is 5.92 Å². The van der Waals surface area contributed by atoms with Gasteiger partial charge in [0.2, 0.25) is 5.91 Å². The van der Waals surface area contributed by atoms with E-state index >= 15 is 0 Å². The lowest BCUT2D eigenvalue weighted by Gasteiger charge is -2.30. The molecule has 1 atom stereocenters. The first-order valence-electron chi connectivity index (χ1n) is 6.95. The van der Waals surface area contributed by atoms with Gasteiger partial charge < -0.3 is 14.7 Å². The molecule has 1 fully saturated rings. The molecular formula is C15H18BrNO4. The zero-order valence-electron chi connectivity index (χ0n) is 11.6. The van der Waals surface area contributed by atoms with Crippen LogP contribution < -0.4 is 4.74 Å². The van der Waals surface area contributed by atoms with E-state index in [0.717, 1.165) is 10.9 Å². The largest absolute Gasteiger partial charge is 0.493 e. The predicted molar refractivity (Wildman–Crippen MR) is 81.2 cm³/mol. The molecule has 6 heteroatoms. The van der Waals surface area contributed by atoms with Gasteiger partial charge in [-0.1, -0.05) is 22.0 Å². The average Bonchev–Trinajstić information content (AvgIpc) is 2.47. The minimum atomic E-state index is -0.821. The Bertz CT molecular complexity index is 520. The van der Waals surface area contributed by atoms with Crippen molar-refractivity contribution in [2.75, 3.05) is 19.7 Å². The van der Waals surface area contributed by atoms with Gasteiger partial charge in [-0.3, -0.25) is 9.59 Å². The lowest BCUT2D eigenvalue weighted by atomic mass is 9.98. The van der Waals surface area contributed by atoms with Gasteiger partial charge in [-0.25, -0.2) is 0 Å². The van der Waals surface area contributed by atoms with Gasteiger partial charge in [-0.2, -0.15) is 0 Å². The molecule has 0 saturated carbocycles. The molecule has 0 spiro atoms. The van der Waals surface area contributed by atoms with E-state index in [4.69, 9.17) is 9.84 Å². The highest BCUT2D eigenvalue weighted by atomic mass is 79.9. The highest BCUT2D eigenvalue weighted by molar-refractivity contribution is 9.10. The van der Waals surface area contributed by atoms with Crippen molar-refractivity contribution in [1.29, 1.82) is 0 Å². The van der Waals surface area contributed by atoms with E-state index in [9.17, 15) is 9.59 Å². The molecule has 0 aromatic heterocycles. The summed E-state index contributed by atoms with van der Waals surface area (Å²) in [6.45, 7) is 1.24. The molecule has 1 unspecified atom stereocenters. The fourth-order valence-corrected chi connectivity index (χ4v) is 2.75. The van der Waals surface area contributed by atoms with Crippen LogP contribution in [0.5, 0.6) is 5.75 Å². The normalized spacial score (nSPS) is 18.3. The topological polar surface area (TPSA) is 66.8 Å². The number of rotatable bonds is 5. The molecule has 2 rings (SSSR count). The van der Waals surface area contributed by atoms with Crippen LogP contribution in [0.1, 0.15) is 19.3 Å². The average molecular weight is 356 g/mol. The van der Waals surface area contributed by atoms with Gasteiger partial charge in [0.15, 0.2) is 0 Å². The summed E-state index contributed by atoms with van der Waals surface area (Å²) in [5, 5.41) is 9.02. The summed E-state index contributed by atoms with van der Waals surface area (Å²) in [6.07, 6.45) is 1.65. The minimum Gasteiger partial charge on any atom is -0.493 e. The fourth-order valence-electron chi connectivity index (χ4n) is 2.38. The maximum Gasteiger partial charge on any atom is 0.308 e. The Morgan fingerprint density at radius 2 is 2.24 bits per heavy atom. The Morgan fingerprint density at radius 1 is 1.43 bits per heavy atom. The minimum absolute atomic E-state index is 0.0454. The Morgan fingerprint density at radius 3 is 2.95 bits per heavy atom. The van der Waals surface area contributed by atoms with Crippen LogP contribution in [-0.2, 0) is 9.59 Å². The van der Waals surface area contributed by atoms with Gasteiger partial charge in [0.05, 0.1) is 18.9 Å². The molecule has 1 aliphatic heterocycles. The Balaban J connectivity index is 1.78. The Kier molecular flexibility index (Phi) is 5.61. The SMILES string of the molecule is O=C(O)C1CCCN(C(=O)CCOc2cccc(Br)c2)C1. The summed E-state index contributed by atoms with van der Waals surface area (Å²) in [7, 11) is 0. The number of halogens is 1. The monoisotopic (exact) mass is 355 g/mol. The van der Waals surface area contributed by atoms with E-state index in [2.05, 4.69) is 15.9 Å². The highest BCUT2D eigenvalue weighted by Gasteiger charge is 2.27. The molecule has 0 radical (unpaired) electrons. The van der Waals surface area contributed by atoms with E-state index in [0.29, 0.717) is 31.9 Å². The molecule has 114 valence electrons. The second-order valence-electron chi connectivity index (χ2n) is 5.07. The third-order valence-electron chi connectivity index (χ3n) is 3.50. The zero-order valence-corrected chi connectivity index (χ0v) is 13.2. The van der Waals surface area contributed by atoms with Crippen LogP contribution in [-0.4, -0.2) is 41.6 Å². The molecule has 1 aromatic carbocycles. The summed E-state index contributed by atoms with van der Waals surface area (Å²) in [5.41, 5.74) is 0. The third kappa shape index (κ3) is 4.74. The first kappa shape index (κ1) is 15.8. The lowest BCUT2D eigenvalue weighted by Crippen LogP contribution is -2.42. The van der Waals surface area contributed by atoms with Gasteiger partial charge >= 0.3 is 5.97 Å². The number of likely N-dealkylation sites (tertiary alicyclic amines) is 1. The second-order valence-corrected chi connectivity index (χ2v) is 5.99. The van der Waals surface area contributed by atoms with Crippen LogP contribution in [0.3, 0.4) is 0 Å². The van der Waals surface area contributed by atoms with E-state index in [-0.39, 0.29) is 12.3 Å². The van der Waals surface area contributed by atoms with Gasteiger partial charge in [-0.15, -0.1) is 0 Å². The molecule has 5 nitrogen and oxygen atoms in total. The fraction of sp³-hybridized carbons (Fsp3) is 0.467. The number of hydrogen-bond acceptors (Lipinski definition) is 3. The Hall–Kier alpha value is -1.56. The van der Waals surface area contributed by atoms with Crippen molar-refractivity contribution in [3.05, 3.63) is 28.7 Å². The van der Waals surface area contributed by atoms with E-state index in [1.807, 2.05) is 24.3 Å². The third-order valence-corrected chi connectivity index (χ3v) is 4.00. The number of hydrogen-bond donors (Lipinski definition) is 1. The van der Waals surface area contributed by atoms with Crippen molar-refractivity contribution in [1.82, 2.24) is 4.90 Å². The maximum atomic E-state index is 12.1. The molecule has 0 aliphatic carbocycles. The number of carboxylic acid groups (broad SMARTS) is 1. The highest BCUT2D eigenvalue weighted by Crippen LogP contribution is 2.19. The van der Waals surface area contributed by atoms with Crippen molar-refractivity contribution in [3.63, 3.8) is 0 Å². The Labute approximate surface area is 132 Å². The van der Waals surface area contributed by atoms with Crippen LogP contribution >= 0.6 is 15.9 Å². The molecule has 1 heterocycles. The van der Waals surface area contributed by atoms with Crippen LogP contribution in [0.25, 0.3) is 0 Å². The summed E-state index contributed by atoms with van der Waals surface area (Å²) >= 11 is 3.35. The van der Waals surface area contributed by atoms with Gasteiger partial charge in [0, 0.05) is 17.6 Å². The van der Waals surface area contributed by atoms with Crippen molar-refractivity contribution in [2.45, 2.75) is 19.3 Å². The molecule has 1 N–H and O–H groups in total. The zero-order chi connectivity index (χ0) is 15.2. The molecule has 1 aromatic rings. The van der Waals surface area contributed by atoms with Crippen molar-refractivity contribution < 1.29 is 19.4 Å². The molecule has 1 amide bonds. The summed E-state index contributed by atoms with van der Waals surface area (Å²) in [5.74, 6) is -0.596. The number of carbonyl (C=O) groups excluding carboxylic acids is 1. The summed E-state index contributed by atoms with van der Waals surface area (Å²) < 4.78 is 6.45. The number of aliphatic carboxylic acids is 1. The number of benzene rings is 1. The molecule has 1 aliphatic rings. The van der Waals surface area contributed by atoms with Crippen molar-refractivity contribution in [2.24, 2.45) is 5.92 Å². The standard InChI is InChI=1S/C15H18BrNO4/c16-12-4-1-5-13(9-12)21-8-6-14(18)17-7-2-3-11(10-17)15(19)20/h1,4-5,9,11H,2-3,6-8,10H2,(H,19,20). The molecular weight excluding hydrogens is 338 g/mol. The van der Waals surface area contributed by atoms with E-state index in [1.54, 1.807) is 4.90 Å². The maximum absolute atomic E-state index is 12.1. The number of ether oxygens (including phenoxy) is 1.